The minimum Gasteiger partial charge on any atom is -0.495 e. The molecule has 8 heteroatoms. The first-order valence-electron chi connectivity index (χ1n) is 8.23. The molecular weight excluding hydrogens is 356 g/mol. The monoisotopic (exact) mass is 378 g/mol. The van der Waals surface area contributed by atoms with Gasteiger partial charge in [-0.15, -0.1) is 0 Å². The number of halogens is 1. The Bertz CT molecular complexity index is 798. The first-order valence-corrected chi connectivity index (χ1v) is 8.60. The number of methoxy groups -OCH3 is 2. The van der Waals surface area contributed by atoms with Crippen LogP contribution in [-0.2, 0) is 0 Å². The molecule has 1 atom stereocenters. The zero-order valence-electron chi connectivity index (χ0n) is 15.5. The van der Waals surface area contributed by atoms with Crippen molar-refractivity contribution in [3.8, 4) is 11.5 Å². The quantitative estimate of drug-likeness (QED) is 0.763. The van der Waals surface area contributed by atoms with E-state index < -0.39 is 0 Å². The van der Waals surface area contributed by atoms with Crippen LogP contribution in [0.1, 0.15) is 36.6 Å². The number of nitrogens with one attached hydrogen (secondary N) is 2. The van der Waals surface area contributed by atoms with E-state index in [1.807, 2.05) is 13.8 Å². The number of benzene rings is 1. The number of amides is 1. The van der Waals surface area contributed by atoms with Crippen LogP contribution < -0.4 is 20.1 Å². The number of ether oxygens (including phenoxy) is 2. The van der Waals surface area contributed by atoms with Crippen molar-refractivity contribution in [2.45, 2.75) is 33.2 Å². The molecule has 7 nitrogen and oxygen atoms in total. The van der Waals surface area contributed by atoms with Crippen molar-refractivity contribution in [2.24, 2.45) is 0 Å². The van der Waals surface area contributed by atoms with Gasteiger partial charge in [-0.25, -0.2) is 9.97 Å². The lowest BCUT2D eigenvalue weighted by atomic mass is 10.2. The van der Waals surface area contributed by atoms with Gasteiger partial charge in [0, 0.05) is 24.2 Å². The summed E-state index contributed by atoms with van der Waals surface area (Å²) >= 11 is 6.13. The Morgan fingerprint density at radius 1 is 1.19 bits per heavy atom. The summed E-state index contributed by atoms with van der Waals surface area (Å²) in [4.78, 5) is 20.9. The highest BCUT2D eigenvalue weighted by molar-refractivity contribution is 6.32. The van der Waals surface area contributed by atoms with Gasteiger partial charge < -0.3 is 20.1 Å². The van der Waals surface area contributed by atoms with E-state index in [2.05, 4.69) is 20.6 Å². The third-order valence-electron chi connectivity index (χ3n) is 3.80. The highest BCUT2D eigenvalue weighted by atomic mass is 35.5. The zero-order valence-corrected chi connectivity index (χ0v) is 16.3. The molecule has 1 amide bonds. The van der Waals surface area contributed by atoms with E-state index in [-0.39, 0.29) is 11.9 Å². The Morgan fingerprint density at radius 2 is 1.88 bits per heavy atom. The molecule has 140 valence electrons. The Labute approximate surface area is 158 Å². The van der Waals surface area contributed by atoms with Crippen LogP contribution in [0.15, 0.2) is 18.2 Å². The minimum absolute atomic E-state index is 0.0646. The topological polar surface area (TPSA) is 85.4 Å². The fourth-order valence-corrected chi connectivity index (χ4v) is 2.47. The highest BCUT2D eigenvalue weighted by Crippen LogP contribution is 2.37. The van der Waals surface area contributed by atoms with Crippen molar-refractivity contribution in [2.75, 3.05) is 19.5 Å². The number of carbonyl (C=O) groups is 1. The largest absolute Gasteiger partial charge is 0.495 e. The van der Waals surface area contributed by atoms with Crippen molar-refractivity contribution in [1.82, 2.24) is 15.3 Å². The SMILES string of the molecule is CCC(C)NC(=O)c1cc(Nc2cc(OC)c(Cl)cc2OC)nc(C)n1. The van der Waals surface area contributed by atoms with Crippen LogP contribution >= 0.6 is 11.6 Å². The van der Waals surface area contributed by atoms with E-state index in [1.165, 1.54) is 7.11 Å². The third-order valence-corrected chi connectivity index (χ3v) is 4.09. The lowest BCUT2D eigenvalue weighted by Gasteiger charge is -2.15. The second-order valence-corrected chi connectivity index (χ2v) is 6.19. The number of carbonyl (C=O) groups excluding carboxylic acids is 1. The summed E-state index contributed by atoms with van der Waals surface area (Å²) < 4.78 is 10.6. The van der Waals surface area contributed by atoms with Crippen molar-refractivity contribution in [1.29, 1.82) is 0 Å². The predicted octanol–water partition coefficient (Wildman–Crippen LogP) is 3.73. The molecule has 0 bridgehead atoms. The van der Waals surface area contributed by atoms with Crippen molar-refractivity contribution in [3.63, 3.8) is 0 Å². The van der Waals surface area contributed by atoms with Gasteiger partial charge in [0.25, 0.3) is 5.91 Å². The summed E-state index contributed by atoms with van der Waals surface area (Å²) in [5.41, 5.74) is 0.903. The first kappa shape index (κ1) is 19.8. The molecule has 0 saturated carbocycles. The molecule has 1 aromatic carbocycles. The normalized spacial score (nSPS) is 11.6. The van der Waals surface area contributed by atoms with Gasteiger partial charge in [-0.2, -0.15) is 0 Å². The molecule has 0 aliphatic carbocycles. The highest BCUT2D eigenvalue weighted by Gasteiger charge is 2.15. The molecule has 1 aromatic heterocycles. The van der Waals surface area contributed by atoms with E-state index in [0.29, 0.717) is 39.5 Å². The molecule has 2 N–H and O–H groups in total. The summed E-state index contributed by atoms with van der Waals surface area (Å²) in [6, 6.07) is 5.01. The molecule has 0 saturated heterocycles. The summed E-state index contributed by atoms with van der Waals surface area (Å²) in [5, 5.41) is 6.46. The van der Waals surface area contributed by atoms with E-state index in [1.54, 1.807) is 32.2 Å². The number of hydrogen-bond donors (Lipinski definition) is 2. The standard InChI is InChI=1S/C18H23ClN4O3/c1-6-10(2)20-18(24)14-9-17(22-11(3)21-14)23-13-8-15(25-4)12(19)7-16(13)26-5/h7-10H,6H2,1-5H3,(H,20,24)(H,21,22,23). The van der Waals surface area contributed by atoms with Crippen LogP contribution in [0.5, 0.6) is 11.5 Å². The molecule has 0 radical (unpaired) electrons. The van der Waals surface area contributed by atoms with Crippen molar-refractivity contribution in [3.05, 3.63) is 34.7 Å². The number of hydrogen-bond acceptors (Lipinski definition) is 6. The van der Waals surface area contributed by atoms with Crippen LogP contribution in [0.3, 0.4) is 0 Å². The molecule has 0 spiro atoms. The van der Waals surface area contributed by atoms with Gasteiger partial charge in [0.1, 0.15) is 28.8 Å². The summed E-state index contributed by atoms with van der Waals surface area (Å²) in [5.74, 6) is 1.72. The molecule has 1 unspecified atom stereocenters. The second-order valence-electron chi connectivity index (χ2n) is 5.78. The van der Waals surface area contributed by atoms with Crippen LogP contribution in [0.2, 0.25) is 5.02 Å². The average molecular weight is 379 g/mol. The third kappa shape index (κ3) is 4.76. The van der Waals surface area contributed by atoms with E-state index in [9.17, 15) is 4.79 Å². The summed E-state index contributed by atoms with van der Waals surface area (Å²) in [6.45, 7) is 5.67. The molecule has 0 aliphatic heterocycles. The molecule has 26 heavy (non-hydrogen) atoms. The van der Waals surface area contributed by atoms with E-state index in [0.717, 1.165) is 6.42 Å². The molecular formula is C18H23ClN4O3. The maximum atomic E-state index is 12.3. The van der Waals surface area contributed by atoms with Crippen LogP contribution in [0.25, 0.3) is 0 Å². The van der Waals surface area contributed by atoms with Gasteiger partial charge in [-0.3, -0.25) is 4.79 Å². The Kier molecular flexibility index (Phi) is 6.63. The van der Waals surface area contributed by atoms with Crippen LogP contribution in [0, 0.1) is 6.92 Å². The number of anilines is 2. The van der Waals surface area contributed by atoms with Gasteiger partial charge in [0.05, 0.1) is 24.9 Å². The van der Waals surface area contributed by atoms with Crippen LogP contribution in [-0.4, -0.2) is 36.1 Å². The lowest BCUT2D eigenvalue weighted by molar-refractivity contribution is 0.0934. The maximum Gasteiger partial charge on any atom is 0.270 e. The number of aryl methyl sites for hydroxylation is 1. The minimum atomic E-state index is -0.242. The summed E-state index contributed by atoms with van der Waals surface area (Å²) in [7, 11) is 3.07. The van der Waals surface area contributed by atoms with E-state index >= 15 is 0 Å². The maximum absolute atomic E-state index is 12.3. The zero-order chi connectivity index (χ0) is 19.3. The number of aromatic nitrogens is 2. The van der Waals surface area contributed by atoms with Gasteiger partial charge in [-0.05, 0) is 20.3 Å². The molecule has 2 rings (SSSR count). The van der Waals surface area contributed by atoms with Crippen LogP contribution in [0.4, 0.5) is 11.5 Å². The van der Waals surface area contributed by atoms with Gasteiger partial charge in [-0.1, -0.05) is 18.5 Å². The Hall–Kier alpha value is -2.54. The second kappa shape index (κ2) is 8.71. The first-order chi connectivity index (χ1) is 12.4. The van der Waals surface area contributed by atoms with E-state index in [4.69, 9.17) is 21.1 Å². The molecule has 1 heterocycles. The molecule has 0 aliphatic rings. The van der Waals surface area contributed by atoms with Crippen molar-refractivity contribution >= 4 is 29.0 Å². The fraction of sp³-hybridized carbons (Fsp3) is 0.389. The van der Waals surface area contributed by atoms with Crippen molar-refractivity contribution < 1.29 is 14.3 Å². The average Bonchev–Trinajstić information content (AvgIpc) is 2.62. The smallest absolute Gasteiger partial charge is 0.270 e. The van der Waals surface area contributed by atoms with Gasteiger partial charge >= 0.3 is 0 Å². The fourth-order valence-electron chi connectivity index (χ4n) is 2.24. The number of rotatable bonds is 7. The van der Waals surface area contributed by atoms with Gasteiger partial charge in [0.15, 0.2) is 0 Å². The molecule has 2 aromatic rings. The lowest BCUT2D eigenvalue weighted by Crippen LogP contribution is -2.32. The Balaban J connectivity index is 2.34. The predicted molar refractivity (Wildman–Crippen MR) is 102 cm³/mol. The number of nitrogens with zero attached hydrogens (tertiary/aromatic N) is 2. The molecule has 0 fully saturated rings. The Morgan fingerprint density at radius 3 is 2.50 bits per heavy atom. The van der Waals surface area contributed by atoms with Gasteiger partial charge in [0.2, 0.25) is 0 Å². The summed E-state index contributed by atoms with van der Waals surface area (Å²) in [6.07, 6.45) is 0.836.